The largest absolute Gasteiger partial charge is 0.329 e. The third-order valence-corrected chi connectivity index (χ3v) is 4.46. The van der Waals surface area contributed by atoms with Crippen LogP contribution in [0.3, 0.4) is 0 Å². The topological polar surface area (TPSA) is 72.4 Å². The predicted molar refractivity (Wildman–Crippen MR) is 79.5 cm³/mol. The van der Waals surface area contributed by atoms with Crippen LogP contribution in [0, 0.1) is 16.0 Å². The molecule has 0 aliphatic carbocycles. The Balaban J connectivity index is 2.23. The van der Waals surface area contributed by atoms with Crippen LogP contribution < -0.4 is 5.73 Å². The van der Waals surface area contributed by atoms with Gasteiger partial charge in [-0.3, -0.25) is 15.0 Å². The first kappa shape index (κ1) is 14.9. The molecule has 1 fully saturated rings. The van der Waals surface area contributed by atoms with Gasteiger partial charge < -0.3 is 5.73 Å². The van der Waals surface area contributed by atoms with E-state index in [0.717, 1.165) is 18.5 Å². The van der Waals surface area contributed by atoms with Crippen LogP contribution in [-0.2, 0) is 0 Å². The number of nitro groups is 1. The second kappa shape index (κ2) is 6.33. The van der Waals surface area contributed by atoms with Crippen LogP contribution >= 0.6 is 0 Å². The molecule has 0 amide bonds. The second-order valence-electron chi connectivity index (χ2n) is 5.69. The van der Waals surface area contributed by atoms with Crippen molar-refractivity contribution in [2.75, 3.05) is 13.1 Å². The van der Waals surface area contributed by atoms with Crippen LogP contribution in [0.5, 0.6) is 0 Å². The van der Waals surface area contributed by atoms with Gasteiger partial charge in [0.2, 0.25) is 0 Å². The van der Waals surface area contributed by atoms with Gasteiger partial charge in [0.1, 0.15) is 0 Å². The maximum Gasteiger partial charge on any atom is 0.269 e. The van der Waals surface area contributed by atoms with Gasteiger partial charge in [-0.05, 0) is 37.8 Å². The van der Waals surface area contributed by atoms with E-state index in [0.29, 0.717) is 18.5 Å². The summed E-state index contributed by atoms with van der Waals surface area (Å²) in [6.45, 7) is 6.00. The predicted octanol–water partition coefficient (Wildman–Crippen LogP) is 2.71. The van der Waals surface area contributed by atoms with Gasteiger partial charge in [-0.2, -0.15) is 0 Å². The number of nitro benzene ring substituents is 1. The van der Waals surface area contributed by atoms with Crippen molar-refractivity contribution in [1.29, 1.82) is 0 Å². The van der Waals surface area contributed by atoms with Crippen LogP contribution in [0.4, 0.5) is 5.69 Å². The Morgan fingerprint density at radius 2 is 2.30 bits per heavy atom. The van der Waals surface area contributed by atoms with Crippen molar-refractivity contribution >= 4 is 5.69 Å². The third kappa shape index (κ3) is 2.99. The molecule has 0 aromatic heterocycles. The van der Waals surface area contributed by atoms with Gasteiger partial charge in [0.05, 0.1) is 4.92 Å². The van der Waals surface area contributed by atoms with Gasteiger partial charge in [-0.15, -0.1) is 0 Å². The lowest BCUT2D eigenvalue weighted by atomic mass is 9.88. The Morgan fingerprint density at radius 1 is 1.55 bits per heavy atom. The molecule has 1 aromatic carbocycles. The van der Waals surface area contributed by atoms with Crippen LogP contribution in [-0.4, -0.2) is 29.0 Å². The Morgan fingerprint density at radius 3 is 2.95 bits per heavy atom. The normalized spacial score (nSPS) is 25.4. The lowest BCUT2D eigenvalue weighted by molar-refractivity contribution is -0.385. The summed E-state index contributed by atoms with van der Waals surface area (Å²) < 4.78 is 0. The molecule has 0 bridgehead atoms. The lowest BCUT2D eigenvalue weighted by Gasteiger charge is -2.43. The molecule has 1 heterocycles. The zero-order valence-electron chi connectivity index (χ0n) is 12.2. The highest BCUT2D eigenvalue weighted by Crippen LogP contribution is 2.32. The average molecular weight is 277 g/mol. The highest BCUT2D eigenvalue weighted by molar-refractivity contribution is 5.35. The smallest absolute Gasteiger partial charge is 0.269 e. The molecule has 0 spiro atoms. The van der Waals surface area contributed by atoms with E-state index in [1.54, 1.807) is 12.1 Å². The van der Waals surface area contributed by atoms with Crippen molar-refractivity contribution in [3.05, 3.63) is 39.9 Å². The quantitative estimate of drug-likeness (QED) is 0.678. The Kier molecular flexibility index (Phi) is 4.73. The Labute approximate surface area is 119 Å². The monoisotopic (exact) mass is 277 g/mol. The Bertz CT molecular complexity index is 478. The number of hydrogen-bond acceptors (Lipinski definition) is 4. The van der Waals surface area contributed by atoms with Gasteiger partial charge in [-0.25, -0.2) is 0 Å². The van der Waals surface area contributed by atoms with Crippen LogP contribution in [0.15, 0.2) is 24.3 Å². The molecule has 0 radical (unpaired) electrons. The van der Waals surface area contributed by atoms with E-state index < -0.39 is 0 Å². The van der Waals surface area contributed by atoms with Crippen molar-refractivity contribution in [2.45, 2.75) is 38.8 Å². The zero-order chi connectivity index (χ0) is 14.7. The lowest BCUT2D eigenvalue weighted by Crippen LogP contribution is -2.49. The average Bonchev–Trinajstić information content (AvgIpc) is 2.46. The standard InChI is InChI=1S/C15H23N3O2/c1-11-5-4-8-17(15(11)10-16)12(2)13-6-3-7-14(9-13)18(19)20/h3,6-7,9,11-12,15H,4-5,8,10,16H2,1-2H3. The first-order valence-electron chi connectivity index (χ1n) is 7.24. The first-order chi connectivity index (χ1) is 9.54. The first-order valence-corrected chi connectivity index (χ1v) is 7.24. The molecule has 2 rings (SSSR count). The highest BCUT2D eigenvalue weighted by atomic mass is 16.6. The van der Waals surface area contributed by atoms with Gasteiger partial charge in [-0.1, -0.05) is 19.1 Å². The third-order valence-electron chi connectivity index (χ3n) is 4.46. The minimum Gasteiger partial charge on any atom is -0.329 e. The molecule has 1 aromatic rings. The molecular weight excluding hydrogens is 254 g/mol. The second-order valence-corrected chi connectivity index (χ2v) is 5.69. The molecule has 5 nitrogen and oxygen atoms in total. The van der Waals surface area contributed by atoms with Crippen molar-refractivity contribution in [3.63, 3.8) is 0 Å². The number of piperidine rings is 1. The van der Waals surface area contributed by atoms with Crippen molar-refractivity contribution in [2.24, 2.45) is 11.7 Å². The van der Waals surface area contributed by atoms with E-state index in [2.05, 4.69) is 18.7 Å². The highest BCUT2D eigenvalue weighted by Gasteiger charge is 2.31. The molecule has 1 aliphatic rings. The fraction of sp³-hybridized carbons (Fsp3) is 0.600. The van der Waals surface area contributed by atoms with Crippen molar-refractivity contribution in [3.8, 4) is 0 Å². The van der Waals surface area contributed by atoms with Gasteiger partial charge in [0.15, 0.2) is 0 Å². The van der Waals surface area contributed by atoms with Gasteiger partial charge in [0.25, 0.3) is 5.69 Å². The number of nitrogens with two attached hydrogens (primary N) is 1. The molecule has 5 heteroatoms. The van der Waals surface area contributed by atoms with Crippen LogP contribution in [0.2, 0.25) is 0 Å². The summed E-state index contributed by atoms with van der Waals surface area (Å²) in [5, 5.41) is 10.9. The summed E-state index contributed by atoms with van der Waals surface area (Å²) in [7, 11) is 0. The molecule has 110 valence electrons. The number of rotatable bonds is 4. The van der Waals surface area contributed by atoms with E-state index in [1.165, 1.54) is 12.5 Å². The van der Waals surface area contributed by atoms with E-state index in [1.807, 2.05) is 6.07 Å². The number of hydrogen-bond donors (Lipinski definition) is 1. The Hall–Kier alpha value is -1.46. The number of benzene rings is 1. The summed E-state index contributed by atoms with van der Waals surface area (Å²) in [6, 6.07) is 7.45. The molecular formula is C15H23N3O2. The summed E-state index contributed by atoms with van der Waals surface area (Å²) in [5.41, 5.74) is 7.08. The number of nitrogens with zero attached hydrogens (tertiary/aromatic N) is 2. The number of likely N-dealkylation sites (tertiary alicyclic amines) is 1. The van der Waals surface area contributed by atoms with Gasteiger partial charge in [0, 0.05) is 30.8 Å². The van der Waals surface area contributed by atoms with E-state index in [-0.39, 0.29) is 16.7 Å². The van der Waals surface area contributed by atoms with Gasteiger partial charge >= 0.3 is 0 Å². The van der Waals surface area contributed by atoms with E-state index >= 15 is 0 Å². The molecule has 1 aliphatic heterocycles. The van der Waals surface area contributed by atoms with Crippen LogP contribution in [0.25, 0.3) is 0 Å². The van der Waals surface area contributed by atoms with Crippen molar-refractivity contribution in [1.82, 2.24) is 4.90 Å². The zero-order valence-corrected chi connectivity index (χ0v) is 12.2. The summed E-state index contributed by atoms with van der Waals surface area (Å²) in [6.07, 6.45) is 2.37. The molecule has 3 atom stereocenters. The molecule has 0 saturated carbocycles. The molecule has 2 N–H and O–H groups in total. The van der Waals surface area contributed by atoms with Crippen molar-refractivity contribution < 1.29 is 4.92 Å². The SMILES string of the molecule is CC1CCCN(C(C)c2cccc([N+](=O)[O-])c2)C1CN. The summed E-state index contributed by atoms with van der Waals surface area (Å²) in [4.78, 5) is 13.0. The fourth-order valence-corrected chi connectivity index (χ4v) is 3.22. The summed E-state index contributed by atoms with van der Waals surface area (Å²) in [5.74, 6) is 0.579. The fourth-order valence-electron chi connectivity index (χ4n) is 3.22. The van der Waals surface area contributed by atoms with E-state index in [9.17, 15) is 10.1 Å². The molecule has 1 saturated heterocycles. The van der Waals surface area contributed by atoms with E-state index in [4.69, 9.17) is 5.73 Å². The maximum absolute atomic E-state index is 10.9. The summed E-state index contributed by atoms with van der Waals surface area (Å²) >= 11 is 0. The minimum absolute atomic E-state index is 0.156. The van der Waals surface area contributed by atoms with Crippen LogP contribution in [0.1, 0.15) is 38.3 Å². The molecule has 3 unspecified atom stereocenters. The minimum atomic E-state index is -0.338. The molecule has 20 heavy (non-hydrogen) atoms. The number of non-ortho nitro benzene ring substituents is 1. The maximum atomic E-state index is 10.9.